The van der Waals surface area contributed by atoms with Gasteiger partial charge in [0.15, 0.2) is 0 Å². The van der Waals surface area contributed by atoms with Crippen molar-refractivity contribution in [1.29, 1.82) is 0 Å². The van der Waals surface area contributed by atoms with E-state index in [-0.39, 0.29) is 30.8 Å². The van der Waals surface area contributed by atoms with Gasteiger partial charge in [-0.15, -0.1) is 11.3 Å². The maximum atomic E-state index is 12.0. The van der Waals surface area contributed by atoms with E-state index in [1.807, 2.05) is 12.3 Å². The van der Waals surface area contributed by atoms with Gasteiger partial charge >= 0.3 is 0 Å². The Morgan fingerprint density at radius 2 is 1.96 bits per heavy atom. The summed E-state index contributed by atoms with van der Waals surface area (Å²) in [5, 5.41) is 7.34. The average molecular weight is 396 g/mol. The van der Waals surface area contributed by atoms with E-state index in [4.69, 9.17) is 0 Å². The topological polar surface area (TPSA) is 104 Å². The van der Waals surface area contributed by atoms with Crippen LogP contribution in [-0.4, -0.2) is 33.0 Å². The van der Waals surface area contributed by atoms with Gasteiger partial charge in [-0.05, 0) is 36.1 Å². The van der Waals surface area contributed by atoms with Crippen LogP contribution in [0.25, 0.3) is 0 Å². The summed E-state index contributed by atoms with van der Waals surface area (Å²) in [5.74, 6) is -0.397. The molecule has 1 heterocycles. The molecule has 7 nitrogen and oxygen atoms in total. The summed E-state index contributed by atoms with van der Waals surface area (Å²) < 4.78 is 25.0. The Bertz CT molecular complexity index is 864. The molecule has 0 aliphatic rings. The van der Waals surface area contributed by atoms with E-state index in [1.165, 1.54) is 11.3 Å². The molecule has 3 N–H and O–H groups in total. The highest BCUT2D eigenvalue weighted by Gasteiger charge is 2.12. The van der Waals surface area contributed by atoms with Gasteiger partial charge in [-0.2, -0.15) is 0 Å². The van der Waals surface area contributed by atoms with Crippen LogP contribution in [-0.2, 0) is 14.8 Å². The number of carbonyl (C=O) groups excluding carboxylic acids is 2. The number of amides is 2. The van der Waals surface area contributed by atoms with E-state index >= 15 is 0 Å². The molecule has 1 aromatic heterocycles. The third kappa shape index (κ3) is 6.49. The van der Waals surface area contributed by atoms with Crippen molar-refractivity contribution in [3.05, 3.63) is 52.2 Å². The van der Waals surface area contributed by atoms with E-state index in [1.54, 1.807) is 36.4 Å². The van der Waals surface area contributed by atoms with Crippen molar-refractivity contribution in [2.75, 3.05) is 17.5 Å². The van der Waals surface area contributed by atoms with Crippen LogP contribution >= 0.6 is 11.3 Å². The van der Waals surface area contributed by atoms with Crippen LogP contribution in [0.2, 0.25) is 0 Å². The van der Waals surface area contributed by atoms with Crippen LogP contribution in [0.1, 0.15) is 34.6 Å². The zero-order chi connectivity index (χ0) is 19.2. The Kier molecular flexibility index (Phi) is 6.76. The minimum absolute atomic E-state index is 0.155. The molecule has 1 aromatic carbocycles. The highest BCUT2D eigenvalue weighted by molar-refractivity contribution is 7.92. The molecular weight excluding hydrogens is 374 g/mol. The molecule has 26 heavy (non-hydrogen) atoms. The zero-order valence-electron chi connectivity index (χ0n) is 14.5. The van der Waals surface area contributed by atoms with Crippen LogP contribution < -0.4 is 15.4 Å². The summed E-state index contributed by atoms with van der Waals surface area (Å²) in [6.45, 7) is 2.05. The predicted octanol–water partition coefficient (Wildman–Crippen LogP) is 2.12. The molecule has 0 fully saturated rings. The summed E-state index contributed by atoms with van der Waals surface area (Å²) in [5.41, 5.74) is 1.21. The average Bonchev–Trinajstić information content (AvgIpc) is 3.08. The molecule has 0 aliphatic heterocycles. The lowest BCUT2D eigenvalue weighted by Crippen LogP contribution is -2.31. The molecule has 140 valence electrons. The van der Waals surface area contributed by atoms with Crippen LogP contribution in [0, 0.1) is 0 Å². The Hall–Kier alpha value is -2.39. The summed E-state index contributed by atoms with van der Waals surface area (Å²) in [6.07, 6.45) is 1.23. The van der Waals surface area contributed by atoms with E-state index < -0.39 is 10.0 Å². The highest BCUT2D eigenvalue weighted by Crippen LogP contribution is 2.18. The number of hydrogen-bond donors (Lipinski definition) is 3. The van der Waals surface area contributed by atoms with Crippen molar-refractivity contribution in [2.45, 2.75) is 19.4 Å². The van der Waals surface area contributed by atoms with Gasteiger partial charge in [0.25, 0.3) is 5.91 Å². The molecular formula is C17H21N3O4S2. The lowest BCUT2D eigenvalue weighted by atomic mass is 10.1. The van der Waals surface area contributed by atoms with Crippen molar-refractivity contribution < 1.29 is 18.0 Å². The minimum Gasteiger partial charge on any atom is -0.351 e. The number of nitrogens with one attached hydrogen (secondary N) is 3. The smallest absolute Gasteiger partial charge is 0.261 e. The van der Waals surface area contributed by atoms with Crippen molar-refractivity contribution in [1.82, 2.24) is 10.6 Å². The van der Waals surface area contributed by atoms with E-state index in [0.717, 1.165) is 11.8 Å². The van der Waals surface area contributed by atoms with Crippen molar-refractivity contribution in [2.24, 2.45) is 0 Å². The number of hydrogen-bond acceptors (Lipinski definition) is 5. The van der Waals surface area contributed by atoms with E-state index in [0.29, 0.717) is 10.6 Å². The van der Waals surface area contributed by atoms with Gasteiger partial charge in [-0.25, -0.2) is 8.42 Å². The van der Waals surface area contributed by atoms with Crippen molar-refractivity contribution in [3.63, 3.8) is 0 Å². The quantitative estimate of drug-likeness (QED) is 0.637. The molecule has 0 spiro atoms. The third-order valence-electron chi connectivity index (χ3n) is 3.45. The summed E-state index contributed by atoms with van der Waals surface area (Å²) >= 11 is 1.34. The maximum absolute atomic E-state index is 12.0. The van der Waals surface area contributed by atoms with Gasteiger partial charge in [-0.3, -0.25) is 14.3 Å². The fourth-order valence-corrected chi connectivity index (χ4v) is 3.46. The number of sulfonamides is 1. The van der Waals surface area contributed by atoms with Gasteiger partial charge in [0, 0.05) is 18.7 Å². The van der Waals surface area contributed by atoms with Crippen molar-refractivity contribution in [3.8, 4) is 0 Å². The van der Waals surface area contributed by atoms with Crippen LogP contribution in [0.3, 0.4) is 0 Å². The molecule has 2 rings (SSSR count). The minimum atomic E-state index is -3.36. The van der Waals surface area contributed by atoms with Gasteiger partial charge in [0.05, 0.1) is 17.2 Å². The number of benzene rings is 1. The third-order valence-corrected chi connectivity index (χ3v) is 4.93. The second-order valence-electron chi connectivity index (χ2n) is 5.77. The van der Waals surface area contributed by atoms with Crippen LogP contribution in [0.5, 0.6) is 0 Å². The molecule has 2 amide bonds. The Labute approximate surface area is 156 Å². The van der Waals surface area contributed by atoms with Crippen LogP contribution in [0.4, 0.5) is 5.69 Å². The Balaban J connectivity index is 1.83. The normalized spacial score (nSPS) is 12.2. The molecule has 0 aliphatic carbocycles. The van der Waals surface area contributed by atoms with Gasteiger partial charge < -0.3 is 10.6 Å². The Morgan fingerprint density at radius 1 is 1.19 bits per heavy atom. The molecule has 0 saturated heterocycles. The maximum Gasteiger partial charge on any atom is 0.261 e. The number of anilines is 1. The second-order valence-corrected chi connectivity index (χ2v) is 8.47. The largest absolute Gasteiger partial charge is 0.351 e. The number of carbonyl (C=O) groups is 2. The molecule has 2 aromatic rings. The first-order chi connectivity index (χ1) is 12.2. The molecule has 1 unspecified atom stereocenters. The zero-order valence-corrected chi connectivity index (χ0v) is 16.1. The SMILES string of the molecule is CC(NC(=O)CCNC(=O)c1cccs1)c1cccc(NS(C)(=O)=O)c1. The first kappa shape index (κ1) is 19.9. The van der Waals surface area contributed by atoms with Gasteiger partial charge in [0.1, 0.15) is 0 Å². The molecule has 0 saturated carbocycles. The summed E-state index contributed by atoms with van der Waals surface area (Å²) in [4.78, 5) is 24.4. The number of thiophene rings is 1. The monoisotopic (exact) mass is 395 g/mol. The van der Waals surface area contributed by atoms with Crippen LogP contribution in [0.15, 0.2) is 41.8 Å². The molecule has 9 heteroatoms. The fourth-order valence-electron chi connectivity index (χ4n) is 2.27. The summed E-state index contributed by atoms with van der Waals surface area (Å²) in [7, 11) is -3.36. The first-order valence-corrected chi connectivity index (χ1v) is 10.7. The van der Waals surface area contributed by atoms with Crippen molar-refractivity contribution >= 4 is 38.9 Å². The van der Waals surface area contributed by atoms with E-state index in [9.17, 15) is 18.0 Å². The lowest BCUT2D eigenvalue weighted by Gasteiger charge is -2.16. The summed E-state index contributed by atoms with van der Waals surface area (Å²) in [6, 6.07) is 10.0. The number of rotatable bonds is 8. The molecule has 0 bridgehead atoms. The van der Waals surface area contributed by atoms with Gasteiger partial charge in [-0.1, -0.05) is 18.2 Å². The van der Waals surface area contributed by atoms with Gasteiger partial charge in [0.2, 0.25) is 15.9 Å². The highest BCUT2D eigenvalue weighted by atomic mass is 32.2. The standard InChI is InChI=1S/C17H21N3O4S2/c1-12(13-5-3-6-14(11-13)20-26(2,23)24)19-16(21)8-9-18-17(22)15-7-4-10-25-15/h3-7,10-12,20H,8-9H2,1-2H3,(H,18,22)(H,19,21). The Morgan fingerprint density at radius 3 is 2.62 bits per heavy atom. The molecule has 1 atom stereocenters. The first-order valence-electron chi connectivity index (χ1n) is 7.93. The fraction of sp³-hybridized carbons (Fsp3) is 0.294. The lowest BCUT2D eigenvalue weighted by molar-refractivity contribution is -0.121. The second kappa shape index (κ2) is 8.81. The molecule has 0 radical (unpaired) electrons. The van der Waals surface area contributed by atoms with E-state index in [2.05, 4.69) is 15.4 Å². The predicted molar refractivity (Wildman–Crippen MR) is 103 cm³/mol.